The Kier molecular flexibility index (Phi) is 7.52. The number of hydrogen-bond acceptors (Lipinski definition) is 10. The van der Waals surface area contributed by atoms with Gasteiger partial charge in [-0.15, -0.1) is 0 Å². The van der Waals surface area contributed by atoms with E-state index >= 15 is 0 Å². The average molecular weight is 368 g/mol. The van der Waals surface area contributed by atoms with E-state index in [2.05, 4.69) is 0 Å². The largest absolute Gasteiger partial charge is 0.394 e. The van der Waals surface area contributed by atoms with Crippen molar-refractivity contribution >= 4 is 0 Å². The molecule has 2 aliphatic rings. The van der Waals surface area contributed by atoms with E-state index < -0.39 is 68.3 Å². The van der Waals surface area contributed by atoms with E-state index in [-0.39, 0.29) is 12.7 Å². The van der Waals surface area contributed by atoms with Crippen LogP contribution in [0.25, 0.3) is 0 Å². The molecule has 0 aliphatic carbocycles. The van der Waals surface area contributed by atoms with Crippen molar-refractivity contribution in [3.63, 3.8) is 0 Å². The van der Waals surface area contributed by atoms with Gasteiger partial charge in [0.2, 0.25) is 0 Å². The zero-order valence-corrected chi connectivity index (χ0v) is 14.2. The molecule has 25 heavy (non-hydrogen) atoms. The van der Waals surface area contributed by atoms with Crippen LogP contribution in [0.5, 0.6) is 0 Å². The van der Waals surface area contributed by atoms with Gasteiger partial charge in [0.05, 0.1) is 25.9 Å². The van der Waals surface area contributed by atoms with Crippen LogP contribution in [0.15, 0.2) is 0 Å². The summed E-state index contributed by atoms with van der Waals surface area (Å²) in [5.41, 5.74) is 0. The second-order valence-electron chi connectivity index (χ2n) is 6.57. The summed E-state index contributed by atoms with van der Waals surface area (Å²) < 4.78 is 21.5. The molecule has 0 bridgehead atoms. The molecule has 0 aromatic carbocycles. The fourth-order valence-corrected chi connectivity index (χ4v) is 2.98. The fraction of sp³-hybridized carbons (Fsp3) is 1.00. The zero-order valence-electron chi connectivity index (χ0n) is 14.2. The molecule has 148 valence electrons. The summed E-state index contributed by atoms with van der Waals surface area (Å²) >= 11 is 0. The number of ether oxygens (including phenoxy) is 4. The minimum Gasteiger partial charge on any atom is -0.394 e. The highest BCUT2D eigenvalue weighted by Gasteiger charge is 2.49. The van der Waals surface area contributed by atoms with Crippen LogP contribution in [0, 0.1) is 0 Å². The summed E-state index contributed by atoms with van der Waals surface area (Å²) in [6, 6.07) is 0. The highest BCUT2D eigenvalue weighted by atomic mass is 16.7. The first-order valence-corrected chi connectivity index (χ1v) is 8.32. The van der Waals surface area contributed by atoms with Crippen molar-refractivity contribution in [2.75, 3.05) is 19.8 Å². The van der Waals surface area contributed by atoms with Gasteiger partial charge in [0.25, 0.3) is 0 Å². The first-order chi connectivity index (χ1) is 11.8. The molecule has 0 saturated carbocycles. The molecule has 0 spiro atoms. The molecule has 8 unspecified atom stereocenters. The van der Waals surface area contributed by atoms with Crippen LogP contribution < -0.4 is 0 Å². The molecule has 2 aliphatic heterocycles. The molecule has 10 heteroatoms. The Morgan fingerprint density at radius 3 is 2.08 bits per heavy atom. The molecule has 2 fully saturated rings. The van der Waals surface area contributed by atoms with Crippen LogP contribution in [0.1, 0.15) is 13.8 Å². The summed E-state index contributed by atoms with van der Waals surface area (Å²) in [7, 11) is 0. The first-order valence-electron chi connectivity index (χ1n) is 8.32. The lowest BCUT2D eigenvalue weighted by molar-refractivity contribution is -0.342. The van der Waals surface area contributed by atoms with Gasteiger partial charge in [0.1, 0.15) is 48.8 Å². The monoisotopic (exact) mass is 368 g/mol. The van der Waals surface area contributed by atoms with E-state index in [9.17, 15) is 30.6 Å². The Hall–Kier alpha value is -0.400. The summed E-state index contributed by atoms with van der Waals surface area (Å²) in [5.74, 6) is 0. The van der Waals surface area contributed by atoms with E-state index in [0.29, 0.717) is 0 Å². The van der Waals surface area contributed by atoms with Crippen LogP contribution in [-0.2, 0) is 18.9 Å². The number of aliphatic hydroxyl groups excluding tert-OH is 6. The Morgan fingerprint density at radius 1 is 0.920 bits per heavy atom. The summed E-state index contributed by atoms with van der Waals surface area (Å²) in [4.78, 5) is 0. The van der Waals surface area contributed by atoms with Gasteiger partial charge in [-0.2, -0.15) is 0 Å². The second kappa shape index (κ2) is 9.00. The van der Waals surface area contributed by atoms with E-state index in [1.165, 1.54) is 0 Å². The number of rotatable bonds is 6. The standard InChI is InChI=1S/C15H28O10/c1-6(2)23-14-11(20)9(4-17)24-15(12(14)21)25-13-7(18)5-22-8(3-16)10(13)19/h6-21H,3-5H2,1-2H3/t7-,8?,9?,10?,11?,12?,13?,14?,15?/m1/s1. The minimum absolute atomic E-state index is 0.173. The molecule has 9 atom stereocenters. The maximum atomic E-state index is 10.4. The van der Waals surface area contributed by atoms with Crippen LogP contribution >= 0.6 is 0 Å². The second-order valence-corrected chi connectivity index (χ2v) is 6.57. The SMILES string of the molecule is CC(C)OC1C(O)C(CO)OC(OC2C(O)C(CO)OC[C@H]2O)C1O. The summed E-state index contributed by atoms with van der Waals surface area (Å²) in [6.45, 7) is 2.25. The maximum absolute atomic E-state index is 10.4. The molecule has 6 N–H and O–H groups in total. The molecule has 2 saturated heterocycles. The molecular weight excluding hydrogens is 340 g/mol. The molecule has 10 nitrogen and oxygen atoms in total. The zero-order chi connectivity index (χ0) is 18.7. The van der Waals surface area contributed by atoms with Crippen molar-refractivity contribution in [3.05, 3.63) is 0 Å². The predicted octanol–water partition coefficient (Wildman–Crippen LogP) is -3.28. The average Bonchev–Trinajstić information content (AvgIpc) is 2.57. The third kappa shape index (κ3) is 4.66. The lowest BCUT2D eigenvalue weighted by Crippen LogP contribution is -2.63. The maximum Gasteiger partial charge on any atom is 0.187 e. The highest BCUT2D eigenvalue weighted by molar-refractivity contribution is 4.93. The molecular formula is C15H28O10. The highest BCUT2D eigenvalue weighted by Crippen LogP contribution is 2.28. The Labute approximate surface area is 145 Å². The quantitative estimate of drug-likeness (QED) is 0.281. The van der Waals surface area contributed by atoms with Crippen molar-refractivity contribution in [2.24, 2.45) is 0 Å². The van der Waals surface area contributed by atoms with Crippen LogP contribution in [0.2, 0.25) is 0 Å². The van der Waals surface area contributed by atoms with Crippen LogP contribution in [0.4, 0.5) is 0 Å². The van der Waals surface area contributed by atoms with Gasteiger partial charge in [0, 0.05) is 0 Å². The minimum atomic E-state index is -1.42. The lowest BCUT2D eigenvalue weighted by atomic mass is 9.97. The van der Waals surface area contributed by atoms with Gasteiger partial charge < -0.3 is 49.6 Å². The van der Waals surface area contributed by atoms with Crippen molar-refractivity contribution in [1.29, 1.82) is 0 Å². The summed E-state index contributed by atoms with van der Waals surface area (Å²) in [6.07, 6.45) is -11.2. The normalized spacial score (nSPS) is 45.7. The van der Waals surface area contributed by atoms with E-state index in [0.717, 1.165) is 0 Å². The Morgan fingerprint density at radius 2 is 1.52 bits per heavy atom. The van der Waals surface area contributed by atoms with E-state index in [1.807, 2.05) is 0 Å². The van der Waals surface area contributed by atoms with Gasteiger partial charge in [-0.1, -0.05) is 0 Å². The van der Waals surface area contributed by atoms with Crippen molar-refractivity contribution in [2.45, 2.75) is 75.1 Å². The molecule has 2 heterocycles. The van der Waals surface area contributed by atoms with Crippen LogP contribution in [0.3, 0.4) is 0 Å². The Bertz CT molecular complexity index is 408. The van der Waals surface area contributed by atoms with Crippen molar-refractivity contribution in [1.82, 2.24) is 0 Å². The van der Waals surface area contributed by atoms with E-state index in [4.69, 9.17) is 18.9 Å². The molecule has 2 rings (SSSR count). The summed E-state index contributed by atoms with van der Waals surface area (Å²) in [5, 5.41) is 59.3. The third-order valence-corrected chi connectivity index (χ3v) is 4.30. The first kappa shape index (κ1) is 20.9. The van der Waals surface area contributed by atoms with Gasteiger partial charge in [-0.05, 0) is 13.8 Å². The van der Waals surface area contributed by atoms with Gasteiger partial charge in [0.15, 0.2) is 6.29 Å². The van der Waals surface area contributed by atoms with Gasteiger partial charge in [-0.3, -0.25) is 0 Å². The molecule has 0 amide bonds. The Balaban J connectivity index is 2.13. The smallest absolute Gasteiger partial charge is 0.187 e. The van der Waals surface area contributed by atoms with Crippen molar-refractivity contribution in [3.8, 4) is 0 Å². The topological polar surface area (TPSA) is 158 Å². The third-order valence-electron chi connectivity index (χ3n) is 4.30. The molecule has 0 radical (unpaired) electrons. The predicted molar refractivity (Wildman–Crippen MR) is 81.5 cm³/mol. The molecule has 0 aromatic heterocycles. The van der Waals surface area contributed by atoms with E-state index in [1.54, 1.807) is 13.8 Å². The fourth-order valence-electron chi connectivity index (χ4n) is 2.98. The van der Waals surface area contributed by atoms with Gasteiger partial charge in [-0.25, -0.2) is 0 Å². The molecule has 0 aromatic rings. The number of aliphatic hydroxyl groups is 6. The van der Waals surface area contributed by atoms with Crippen molar-refractivity contribution < 1.29 is 49.6 Å². The lowest BCUT2D eigenvalue weighted by Gasteiger charge is -2.45. The number of hydrogen-bond donors (Lipinski definition) is 6. The van der Waals surface area contributed by atoms with Crippen LogP contribution in [-0.4, -0.2) is 112 Å². The van der Waals surface area contributed by atoms with Gasteiger partial charge >= 0.3 is 0 Å².